The summed E-state index contributed by atoms with van der Waals surface area (Å²) in [5.41, 5.74) is 1.98. The standard InChI is InChI=1S/C21H17FN6O/c22-15-6-7-19(26-14-15)28-13-9-16(27-28)8-12-25-21(29)18-5-2-1-4-17(18)20-23-10-3-11-24-20/h1-7,9-11,13-14H,8,12H2,(H,25,29). The molecule has 0 spiro atoms. The molecule has 0 unspecified atom stereocenters. The summed E-state index contributed by atoms with van der Waals surface area (Å²) in [6.07, 6.45) is 6.72. The molecule has 0 radical (unpaired) electrons. The van der Waals surface area contributed by atoms with E-state index in [-0.39, 0.29) is 5.91 Å². The van der Waals surface area contributed by atoms with Gasteiger partial charge in [-0.2, -0.15) is 5.10 Å². The van der Waals surface area contributed by atoms with E-state index in [0.717, 1.165) is 11.9 Å². The van der Waals surface area contributed by atoms with Crippen molar-refractivity contribution in [2.24, 2.45) is 0 Å². The lowest BCUT2D eigenvalue weighted by atomic mass is 10.1. The Kier molecular flexibility index (Phi) is 5.33. The summed E-state index contributed by atoms with van der Waals surface area (Å²) in [6.45, 7) is 0.413. The number of carbonyl (C=O) groups is 1. The van der Waals surface area contributed by atoms with Crippen molar-refractivity contribution >= 4 is 5.91 Å². The van der Waals surface area contributed by atoms with E-state index in [1.165, 1.54) is 6.07 Å². The summed E-state index contributed by atoms with van der Waals surface area (Å²) in [6, 6.07) is 13.7. The second-order valence-electron chi connectivity index (χ2n) is 6.21. The van der Waals surface area contributed by atoms with Crippen molar-refractivity contribution in [3.05, 3.63) is 90.4 Å². The molecule has 1 amide bonds. The molecule has 3 heterocycles. The number of aromatic nitrogens is 5. The first-order valence-corrected chi connectivity index (χ1v) is 9.02. The Morgan fingerprint density at radius 2 is 1.83 bits per heavy atom. The lowest BCUT2D eigenvalue weighted by Gasteiger charge is -2.08. The normalized spacial score (nSPS) is 10.7. The van der Waals surface area contributed by atoms with Gasteiger partial charge in [0.15, 0.2) is 11.6 Å². The monoisotopic (exact) mass is 388 g/mol. The molecule has 4 rings (SSSR count). The van der Waals surface area contributed by atoms with Crippen molar-refractivity contribution in [3.8, 4) is 17.2 Å². The predicted molar refractivity (Wildman–Crippen MR) is 105 cm³/mol. The van der Waals surface area contributed by atoms with Crippen LogP contribution in [0, 0.1) is 5.82 Å². The minimum Gasteiger partial charge on any atom is -0.352 e. The molecule has 0 saturated heterocycles. The maximum Gasteiger partial charge on any atom is 0.252 e. The van der Waals surface area contributed by atoms with Gasteiger partial charge in [-0.05, 0) is 30.3 Å². The van der Waals surface area contributed by atoms with Gasteiger partial charge in [-0.25, -0.2) is 24.0 Å². The zero-order chi connectivity index (χ0) is 20.1. The summed E-state index contributed by atoms with van der Waals surface area (Å²) in [7, 11) is 0. The maximum absolute atomic E-state index is 13.0. The highest BCUT2D eigenvalue weighted by Gasteiger charge is 2.13. The first-order valence-electron chi connectivity index (χ1n) is 9.02. The first-order chi connectivity index (χ1) is 14.2. The molecule has 0 saturated carbocycles. The third-order valence-corrected chi connectivity index (χ3v) is 4.24. The van der Waals surface area contributed by atoms with Gasteiger partial charge in [0.25, 0.3) is 5.91 Å². The van der Waals surface area contributed by atoms with Crippen LogP contribution in [-0.4, -0.2) is 37.2 Å². The van der Waals surface area contributed by atoms with Crippen LogP contribution in [0.2, 0.25) is 0 Å². The van der Waals surface area contributed by atoms with Crippen molar-refractivity contribution in [3.63, 3.8) is 0 Å². The Labute approximate surface area is 166 Å². The van der Waals surface area contributed by atoms with Gasteiger partial charge in [0.1, 0.15) is 5.82 Å². The van der Waals surface area contributed by atoms with E-state index >= 15 is 0 Å². The van der Waals surface area contributed by atoms with Crippen LogP contribution in [-0.2, 0) is 6.42 Å². The Hall–Kier alpha value is -3.94. The van der Waals surface area contributed by atoms with Crippen LogP contribution < -0.4 is 5.32 Å². The van der Waals surface area contributed by atoms with Gasteiger partial charge in [0, 0.05) is 37.1 Å². The summed E-state index contributed by atoms with van der Waals surface area (Å²) < 4.78 is 14.6. The summed E-state index contributed by atoms with van der Waals surface area (Å²) in [5.74, 6) is 0.431. The van der Waals surface area contributed by atoms with Crippen molar-refractivity contribution in [1.82, 2.24) is 30.0 Å². The fraction of sp³-hybridized carbons (Fsp3) is 0.0952. The number of amides is 1. The summed E-state index contributed by atoms with van der Waals surface area (Å²) >= 11 is 0. The Morgan fingerprint density at radius 3 is 2.62 bits per heavy atom. The van der Waals surface area contributed by atoms with E-state index in [1.54, 1.807) is 47.5 Å². The van der Waals surface area contributed by atoms with E-state index in [4.69, 9.17) is 0 Å². The average molecular weight is 388 g/mol. The largest absolute Gasteiger partial charge is 0.352 e. The lowest BCUT2D eigenvalue weighted by Crippen LogP contribution is -2.26. The second kappa shape index (κ2) is 8.39. The van der Waals surface area contributed by atoms with Crippen LogP contribution in [0.15, 0.2) is 73.3 Å². The molecular weight excluding hydrogens is 371 g/mol. The lowest BCUT2D eigenvalue weighted by molar-refractivity contribution is 0.0954. The molecule has 0 atom stereocenters. The number of carbonyl (C=O) groups excluding carboxylic acids is 1. The molecule has 0 aliphatic carbocycles. The number of nitrogens with one attached hydrogen (secondary N) is 1. The van der Waals surface area contributed by atoms with E-state index in [2.05, 4.69) is 25.4 Å². The van der Waals surface area contributed by atoms with Crippen LogP contribution in [0.25, 0.3) is 17.2 Å². The molecule has 0 aliphatic heterocycles. The number of benzene rings is 1. The van der Waals surface area contributed by atoms with Crippen molar-refractivity contribution in [2.45, 2.75) is 6.42 Å². The third-order valence-electron chi connectivity index (χ3n) is 4.24. The minimum atomic E-state index is -0.398. The Balaban J connectivity index is 1.40. The highest BCUT2D eigenvalue weighted by atomic mass is 19.1. The molecule has 1 N–H and O–H groups in total. The summed E-state index contributed by atoms with van der Waals surface area (Å²) in [5, 5.41) is 7.31. The smallest absolute Gasteiger partial charge is 0.252 e. The molecule has 4 aromatic rings. The highest BCUT2D eigenvalue weighted by molar-refractivity contribution is 6.00. The van der Waals surface area contributed by atoms with Crippen LogP contribution in [0.3, 0.4) is 0 Å². The predicted octanol–water partition coefficient (Wildman–Crippen LogP) is 2.84. The topological polar surface area (TPSA) is 85.6 Å². The van der Waals surface area contributed by atoms with Crippen molar-refractivity contribution < 1.29 is 9.18 Å². The molecule has 3 aromatic heterocycles. The Bertz CT molecular complexity index is 1110. The van der Waals surface area contributed by atoms with Gasteiger partial charge >= 0.3 is 0 Å². The SMILES string of the molecule is O=C(NCCc1ccn(-c2ccc(F)cn2)n1)c1ccccc1-c1ncccn1. The fourth-order valence-electron chi connectivity index (χ4n) is 2.84. The quantitative estimate of drug-likeness (QED) is 0.549. The Morgan fingerprint density at radius 1 is 1.00 bits per heavy atom. The molecule has 0 fully saturated rings. The molecular formula is C21H17FN6O. The average Bonchev–Trinajstić information content (AvgIpc) is 3.24. The highest BCUT2D eigenvalue weighted by Crippen LogP contribution is 2.19. The van der Waals surface area contributed by atoms with Crippen LogP contribution in [0.1, 0.15) is 16.1 Å². The third kappa shape index (κ3) is 4.32. The van der Waals surface area contributed by atoms with Crippen molar-refractivity contribution in [2.75, 3.05) is 6.54 Å². The number of hydrogen-bond acceptors (Lipinski definition) is 5. The number of rotatable bonds is 6. The molecule has 29 heavy (non-hydrogen) atoms. The molecule has 1 aromatic carbocycles. The number of nitrogens with zero attached hydrogens (tertiary/aromatic N) is 5. The number of halogens is 1. The van der Waals surface area contributed by atoms with Gasteiger partial charge in [-0.15, -0.1) is 0 Å². The van der Waals surface area contributed by atoms with Gasteiger partial charge in [0.05, 0.1) is 17.5 Å². The van der Waals surface area contributed by atoms with E-state index in [9.17, 15) is 9.18 Å². The van der Waals surface area contributed by atoms with Crippen LogP contribution >= 0.6 is 0 Å². The zero-order valence-corrected chi connectivity index (χ0v) is 15.4. The molecule has 8 heteroatoms. The van der Waals surface area contributed by atoms with E-state index < -0.39 is 5.82 Å². The fourth-order valence-corrected chi connectivity index (χ4v) is 2.84. The molecule has 144 valence electrons. The van der Waals surface area contributed by atoms with Gasteiger partial charge < -0.3 is 5.32 Å². The van der Waals surface area contributed by atoms with Crippen molar-refractivity contribution in [1.29, 1.82) is 0 Å². The van der Waals surface area contributed by atoms with Gasteiger partial charge in [-0.3, -0.25) is 4.79 Å². The molecule has 0 bridgehead atoms. The van der Waals surface area contributed by atoms with Crippen LogP contribution in [0.4, 0.5) is 4.39 Å². The van der Waals surface area contributed by atoms with E-state index in [0.29, 0.717) is 35.7 Å². The zero-order valence-electron chi connectivity index (χ0n) is 15.4. The van der Waals surface area contributed by atoms with Gasteiger partial charge in [-0.1, -0.05) is 18.2 Å². The minimum absolute atomic E-state index is 0.201. The molecule has 0 aliphatic rings. The van der Waals surface area contributed by atoms with Crippen LogP contribution in [0.5, 0.6) is 0 Å². The van der Waals surface area contributed by atoms with Gasteiger partial charge in [0.2, 0.25) is 0 Å². The second-order valence-corrected chi connectivity index (χ2v) is 6.21. The first kappa shape index (κ1) is 18.4. The maximum atomic E-state index is 13.0. The molecule has 7 nitrogen and oxygen atoms in total. The van der Waals surface area contributed by atoms with E-state index in [1.807, 2.05) is 18.2 Å². The summed E-state index contributed by atoms with van der Waals surface area (Å²) in [4.78, 5) is 25.1. The number of hydrogen-bond donors (Lipinski definition) is 1. The number of pyridine rings is 1.